The van der Waals surface area contributed by atoms with E-state index in [0.717, 1.165) is 29.7 Å². The molecule has 1 aromatic carbocycles. The molecule has 96 valence electrons. The number of methoxy groups -OCH3 is 1. The molecule has 0 amide bonds. The quantitative estimate of drug-likeness (QED) is 0.814. The molecule has 0 spiro atoms. The Bertz CT molecular complexity index is 498. The van der Waals surface area contributed by atoms with Crippen molar-refractivity contribution in [2.45, 2.75) is 13.0 Å². The second-order valence-corrected chi connectivity index (χ2v) is 5.92. The van der Waals surface area contributed by atoms with Crippen LogP contribution in [0.5, 0.6) is 5.75 Å². The first-order valence-corrected chi connectivity index (χ1v) is 7.52. The fourth-order valence-electron chi connectivity index (χ4n) is 1.72. The van der Waals surface area contributed by atoms with E-state index in [9.17, 15) is 0 Å². The van der Waals surface area contributed by atoms with Gasteiger partial charge in [0.05, 0.1) is 7.11 Å². The second kappa shape index (κ2) is 6.92. The van der Waals surface area contributed by atoms with Gasteiger partial charge in [0, 0.05) is 21.3 Å². The van der Waals surface area contributed by atoms with Crippen molar-refractivity contribution in [3.05, 3.63) is 50.6 Å². The Morgan fingerprint density at radius 3 is 2.94 bits per heavy atom. The van der Waals surface area contributed by atoms with Crippen LogP contribution in [0.4, 0.5) is 0 Å². The molecule has 0 aliphatic rings. The average Bonchev–Trinajstić information content (AvgIpc) is 2.81. The minimum absolute atomic E-state index is 0.926. The van der Waals surface area contributed by atoms with Gasteiger partial charge in [-0.25, -0.2) is 0 Å². The molecule has 1 N–H and O–H groups in total. The molecule has 0 fully saturated rings. The fourth-order valence-corrected chi connectivity index (χ4v) is 3.14. The van der Waals surface area contributed by atoms with Gasteiger partial charge in [0.25, 0.3) is 0 Å². The predicted molar refractivity (Wildman–Crippen MR) is 80.4 cm³/mol. The first-order valence-electron chi connectivity index (χ1n) is 5.84. The molecule has 0 aliphatic heterocycles. The van der Waals surface area contributed by atoms with Crippen LogP contribution in [0.2, 0.25) is 0 Å². The summed E-state index contributed by atoms with van der Waals surface area (Å²) in [6.45, 7) is 1.91. The van der Waals surface area contributed by atoms with Crippen molar-refractivity contribution in [1.29, 1.82) is 0 Å². The topological polar surface area (TPSA) is 21.3 Å². The van der Waals surface area contributed by atoms with Gasteiger partial charge >= 0.3 is 0 Å². The summed E-state index contributed by atoms with van der Waals surface area (Å²) >= 11 is 5.23. The largest absolute Gasteiger partial charge is 0.497 e. The Morgan fingerprint density at radius 1 is 1.33 bits per heavy atom. The molecule has 0 aliphatic carbocycles. The van der Waals surface area contributed by atoms with Crippen molar-refractivity contribution in [2.24, 2.45) is 0 Å². The van der Waals surface area contributed by atoms with Crippen LogP contribution in [0.25, 0.3) is 0 Å². The molecule has 0 bridgehead atoms. The van der Waals surface area contributed by atoms with Gasteiger partial charge in [-0.05, 0) is 52.7 Å². The highest BCUT2D eigenvalue weighted by Crippen LogP contribution is 2.19. The Balaban J connectivity index is 1.74. The lowest BCUT2D eigenvalue weighted by atomic mass is 10.1. The summed E-state index contributed by atoms with van der Waals surface area (Å²) in [4.78, 5) is 1.35. The van der Waals surface area contributed by atoms with E-state index in [2.05, 4.69) is 44.8 Å². The van der Waals surface area contributed by atoms with Gasteiger partial charge in [-0.3, -0.25) is 0 Å². The summed E-state index contributed by atoms with van der Waals surface area (Å²) in [5.74, 6) is 0.926. The Morgan fingerprint density at radius 2 is 2.22 bits per heavy atom. The SMILES string of the molecule is COc1cccc(CCNCc2cc(Br)cs2)c1. The first-order chi connectivity index (χ1) is 8.78. The summed E-state index contributed by atoms with van der Waals surface area (Å²) in [7, 11) is 1.70. The average molecular weight is 326 g/mol. The summed E-state index contributed by atoms with van der Waals surface area (Å²) in [5, 5.41) is 5.56. The summed E-state index contributed by atoms with van der Waals surface area (Å²) in [5.41, 5.74) is 1.30. The zero-order valence-electron chi connectivity index (χ0n) is 10.3. The number of thiophene rings is 1. The zero-order valence-corrected chi connectivity index (χ0v) is 12.7. The van der Waals surface area contributed by atoms with Crippen molar-refractivity contribution in [3.63, 3.8) is 0 Å². The van der Waals surface area contributed by atoms with Crippen LogP contribution < -0.4 is 10.1 Å². The third kappa shape index (κ3) is 4.12. The molecule has 18 heavy (non-hydrogen) atoms. The highest BCUT2D eigenvalue weighted by molar-refractivity contribution is 9.10. The van der Waals surface area contributed by atoms with E-state index in [4.69, 9.17) is 4.74 Å². The van der Waals surface area contributed by atoms with E-state index >= 15 is 0 Å². The summed E-state index contributed by atoms with van der Waals surface area (Å²) in [6.07, 6.45) is 1.02. The standard InChI is InChI=1S/C14H16BrNOS/c1-17-13-4-2-3-11(7-13)5-6-16-9-14-8-12(15)10-18-14/h2-4,7-8,10,16H,5-6,9H2,1H3. The maximum absolute atomic E-state index is 5.21. The predicted octanol–water partition coefficient (Wildman–Crippen LogP) is 3.85. The van der Waals surface area contributed by atoms with Crippen LogP contribution in [0.15, 0.2) is 40.2 Å². The lowest BCUT2D eigenvalue weighted by Crippen LogP contribution is -2.15. The third-order valence-electron chi connectivity index (χ3n) is 2.65. The molecule has 0 radical (unpaired) electrons. The number of nitrogens with one attached hydrogen (secondary N) is 1. The summed E-state index contributed by atoms with van der Waals surface area (Å²) < 4.78 is 6.37. The van der Waals surface area contributed by atoms with E-state index in [0.29, 0.717) is 0 Å². The number of hydrogen-bond acceptors (Lipinski definition) is 3. The Kier molecular flexibility index (Phi) is 5.23. The second-order valence-electron chi connectivity index (χ2n) is 4.01. The molecule has 2 aromatic rings. The van der Waals surface area contributed by atoms with Crippen LogP contribution in [-0.2, 0) is 13.0 Å². The summed E-state index contributed by atoms with van der Waals surface area (Å²) in [6, 6.07) is 10.4. The maximum atomic E-state index is 5.21. The molecule has 0 saturated heterocycles. The molecule has 2 nitrogen and oxygen atoms in total. The molecule has 4 heteroatoms. The number of rotatable bonds is 6. The van der Waals surface area contributed by atoms with Gasteiger partial charge < -0.3 is 10.1 Å². The van der Waals surface area contributed by atoms with Crippen molar-refractivity contribution < 1.29 is 4.74 Å². The van der Waals surface area contributed by atoms with Gasteiger partial charge in [-0.15, -0.1) is 11.3 Å². The van der Waals surface area contributed by atoms with Crippen LogP contribution in [0.3, 0.4) is 0 Å². The first kappa shape index (κ1) is 13.6. The van der Waals surface area contributed by atoms with E-state index in [1.807, 2.05) is 12.1 Å². The van der Waals surface area contributed by atoms with E-state index in [1.165, 1.54) is 10.4 Å². The highest BCUT2D eigenvalue weighted by Gasteiger charge is 1.98. The van der Waals surface area contributed by atoms with Crippen molar-refractivity contribution in [3.8, 4) is 5.75 Å². The molecular formula is C14H16BrNOS. The molecule has 2 rings (SSSR count). The smallest absolute Gasteiger partial charge is 0.119 e. The number of hydrogen-bond donors (Lipinski definition) is 1. The highest BCUT2D eigenvalue weighted by atomic mass is 79.9. The number of halogens is 1. The van der Waals surface area contributed by atoms with Crippen LogP contribution in [0.1, 0.15) is 10.4 Å². The molecule has 0 unspecified atom stereocenters. The van der Waals surface area contributed by atoms with Crippen LogP contribution >= 0.6 is 27.3 Å². The zero-order chi connectivity index (χ0) is 12.8. The van der Waals surface area contributed by atoms with E-state index in [-0.39, 0.29) is 0 Å². The monoisotopic (exact) mass is 325 g/mol. The molecule has 0 saturated carbocycles. The lowest BCUT2D eigenvalue weighted by Gasteiger charge is -2.05. The minimum atomic E-state index is 0.926. The Labute approximate surface area is 120 Å². The normalized spacial score (nSPS) is 10.6. The lowest BCUT2D eigenvalue weighted by molar-refractivity contribution is 0.414. The molecular weight excluding hydrogens is 310 g/mol. The van der Waals surface area contributed by atoms with Gasteiger partial charge in [0.1, 0.15) is 5.75 Å². The van der Waals surface area contributed by atoms with Crippen LogP contribution in [-0.4, -0.2) is 13.7 Å². The number of benzene rings is 1. The van der Waals surface area contributed by atoms with Crippen molar-refractivity contribution >= 4 is 27.3 Å². The van der Waals surface area contributed by atoms with Gasteiger partial charge in [0.2, 0.25) is 0 Å². The van der Waals surface area contributed by atoms with Crippen LogP contribution in [0, 0.1) is 0 Å². The van der Waals surface area contributed by atoms with E-state index < -0.39 is 0 Å². The molecule has 1 aromatic heterocycles. The third-order valence-corrected chi connectivity index (χ3v) is 4.34. The molecule has 0 atom stereocenters. The Hall–Kier alpha value is -0.840. The maximum Gasteiger partial charge on any atom is 0.119 e. The van der Waals surface area contributed by atoms with Gasteiger partial charge in [0.15, 0.2) is 0 Å². The van der Waals surface area contributed by atoms with Gasteiger partial charge in [-0.2, -0.15) is 0 Å². The minimum Gasteiger partial charge on any atom is -0.497 e. The fraction of sp³-hybridized carbons (Fsp3) is 0.286. The van der Waals surface area contributed by atoms with Gasteiger partial charge in [-0.1, -0.05) is 12.1 Å². The molecule has 1 heterocycles. The van der Waals surface area contributed by atoms with Crippen molar-refractivity contribution in [1.82, 2.24) is 5.32 Å². The van der Waals surface area contributed by atoms with Crippen molar-refractivity contribution in [2.75, 3.05) is 13.7 Å². The number of ether oxygens (including phenoxy) is 1. The van der Waals surface area contributed by atoms with E-state index in [1.54, 1.807) is 18.4 Å².